The second-order valence-electron chi connectivity index (χ2n) is 16.9. The van der Waals surface area contributed by atoms with E-state index in [9.17, 15) is 30.3 Å². The van der Waals surface area contributed by atoms with E-state index in [4.69, 9.17) is 9.47 Å². The van der Waals surface area contributed by atoms with E-state index < -0.39 is 49.5 Å². The summed E-state index contributed by atoms with van der Waals surface area (Å²) < 4.78 is 11.2. The second-order valence-corrected chi connectivity index (χ2v) is 16.9. The molecule has 7 unspecified atom stereocenters. The van der Waals surface area contributed by atoms with Crippen molar-refractivity contribution in [2.75, 3.05) is 13.2 Å². The zero-order valence-corrected chi connectivity index (χ0v) is 38.6. The van der Waals surface area contributed by atoms with Crippen molar-refractivity contribution in [3.05, 3.63) is 72.9 Å². The van der Waals surface area contributed by atoms with Gasteiger partial charge in [0.2, 0.25) is 5.91 Å². The van der Waals surface area contributed by atoms with Crippen molar-refractivity contribution in [3.8, 4) is 0 Å². The van der Waals surface area contributed by atoms with Crippen LogP contribution in [0.4, 0.5) is 0 Å². The minimum atomic E-state index is -1.55. The fourth-order valence-electron chi connectivity index (χ4n) is 7.40. The average molecular weight is 858 g/mol. The number of nitrogens with one attached hydrogen (secondary N) is 1. The lowest BCUT2D eigenvalue weighted by Crippen LogP contribution is -2.60. The van der Waals surface area contributed by atoms with Crippen LogP contribution in [0, 0.1) is 0 Å². The molecule has 1 fully saturated rings. The molecule has 1 aliphatic heterocycles. The molecular weight excluding hydrogens is 767 g/mol. The Labute approximate surface area is 372 Å². The van der Waals surface area contributed by atoms with Gasteiger partial charge in [0.05, 0.1) is 25.4 Å². The van der Waals surface area contributed by atoms with Crippen LogP contribution in [0.3, 0.4) is 0 Å². The van der Waals surface area contributed by atoms with Crippen LogP contribution in [0.5, 0.6) is 0 Å². The zero-order valence-electron chi connectivity index (χ0n) is 38.6. The molecule has 0 aromatic heterocycles. The Morgan fingerprint density at radius 3 is 1.51 bits per heavy atom. The third-order valence-electron chi connectivity index (χ3n) is 11.3. The molecule has 0 radical (unpaired) electrons. The summed E-state index contributed by atoms with van der Waals surface area (Å²) in [6.45, 7) is 3.61. The van der Waals surface area contributed by atoms with Crippen LogP contribution in [0.2, 0.25) is 0 Å². The first-order valence-corrected chi connectivity index (χ1v) is 24.6. The Morgan fingerprint density at radius 2 is 1.02 bits per heavy atom. The summed E-state index contributed by atoms with van der Waals surface area (Å²) in [7, 11) is 0. The topological polar surface area (TPSA) is 149 Å². The number of unbranched alkanes of at least 4 members (excludes halogenated alkanes) is 18. The molecule has 0 saturated carbocycles. The SMILES string of the molecule is CC/C=C\C/C=C\C/C=C\C/C=C\C/C=C\C/C=C\CCCCCCCCCCCCCCCCC(=O)NC(COC1OC(CO)C(O)C(O)C1O)C(O)CCCCCCC. The fraction of sp³-hybridized carbons (Fsp3) is 0.750. The minimum absolute atomic E-state index is 0.143. The van der Waals surface area contributed by atoms with Gasteiger partial charge >= 0.3 is 0 Å². The van der Waals surface area contributed by atoms with Gasteiger partial charge in [-0.1, -0.05) is 196 Å². The lowest BCUT2D eigenvalue weighted by atomic mass is 9.99. The maximum Gasteiger partial charge on any atom is 0.220 e. The molecule has 6 N–H and O–H groups in total. The number of amides is 1. The Hall–Kier alpha value is -2.37. The standard InChI is InChI=1S/C52H91NO8/c1-3-5-7-9-10-11-12-13-14-15-16-17-18-19-20-21-22-23-24-25-26-27-28-29-30-31-32-33-34-35-36-38-40-42-48(56)53-45(46(55)41-39-37-8-6-4-2)44-60-52-51(59)50(58)49(57)47(43-54)61-52/h5,7,10-11,13-14,16-17,19-20,22-23,45-47,49-52,54-55,57-59H,3-4,6,8-9,12,15,18,21,24-44H2,1-2H3,(H,53,56)/b7-5-,11-10-,14-13-,17-16-,20-19-,23-22-. The van der Waals surface area contributed by atoms with Crippen molar-refractivity contribution >= 4 is 5.91 Å². The summed E-state index contributed by atoms with van der Waals surface area (Å²) in [5, 5.41) is 53.9. The van der Waals surface area contributed by atoms with Gasteiger partial charge in [0, 0.05) is 6.42 Å². The number of allylic oxidation sites excluding steroid dienone is 12. The van der Waals surface area contributed by atoms with Gasteiger partial charge in [0.1, 0.15) is 24.4 Å². The van der Waals surface area contributed by atoms with Gasteiger partial charge in [-0.2, -0.15) is 0 Å². The smallest absolute Gasteiger partial charge is 0.220 e. The van der Waals surface area contributed by atoms with E-state index >= 15 is 0 Å². The molecule has 9 nitrogen and oxygen atoms in total. The lowest BCUT2D eigenvalue weighted by molar-refractivity contribution is -0.302. The molecule has 1 rings (SSSR count). The van der Waals surface area contributed by atoms with Crippen molar-refractivity contribution in [2.24, 2.45) is 0 Å². The Kier molecular flexibility index (Phi) is 38.7. The number of carbonyl (C=O) groups excluding carboxylic acids is 1. The molecule has 0 spiro atoms. The van der Waals surface area contributed by atoms with Crippen LogP contribution >= 0.6 is 0 Å². The quantitative estimate of drug-likeness (QED) is 0.0264. The lowest BCUT2D eigenvalue weighted by Gasteiger charge is -2.40. The van der Waals surface area contributed by atoms with Gasteiger partial charge in [0.25, 0.3) is 0 Å². The number of aliphatic hydroxyl groups is 5. The normalized spacial score (nSPS) is 21.1. The number of hydrogen-bond acceptors (Lipinski definition) is 8. The first kappa shape index (κ1) is 56.6. The van der Waals surface area contributed by atoms with E-state index in [-0.39, 0.29) is 12.5 Å². The van der Waals surface area contributed by atoms with Crippen molar-refractivity contribution in [1.29, 1.82) is 0 Å². The monoisotopic (exact) mass is 858 g/mol. The van der Waals surface area contributed by atoms with Crippen LogP contribution in [-0.4, -0.2) is 87.5 Å². The Bertz CT molecular complexity index is 1180. The summed E-state index contributed by atoms with van der Waals surface area (Å²) in [5.74, 6) is -0.155. The highest BCUT2D eigenvalue weighted by atomic mass is 16.7. The maximum atomic E-state index is 12.9. The predicted octanol–water partition coefficient (Wildman–Crippen LogP) is 10.9. The van der Waals surface area contributed by atoms with E-state index in [1.807, 2.05) is 0 Å². The molecule has 9 heteroatoms. The van der Waals surface area contributed by atoms with E-state index in [0.29, 0.717) is 12.8 Å². The first-order chi connectivity index (χ1) is 29.8. The summed E-state index contributed by atoms with van der Waals surface area (Å²) >= 11 is 0. The second kappa shape index (κ2) is 41.6. The van der Waals surface area contributed by atoms with Crippen molar-refractivity contribution in [2.45, 2.75) is 236 Å². The van der Waals surface area contributed by atoms with Crippen LogP contribution in [0.25, 0.3) is 0 Å². The van der Waals surface area contributed by atoms with Crippen molar-refractivity contribution in [3.63, 3.8) is 0 Å². The van der Waals surface area contributed by atoms with Crippen molar-refractivity contribution < 1.29 is 39.8 Å². The first-order valence-electron chi connectivity index (χ1n) is 24.6. The minimum Gasteiger partial charge on any atom is -0.394 e. The fourth-order valence-corrected chi connectivity index (χ4v) is 7.40. The van der Waals surface area contributed by atoms with Crippen LogP contribution in [-0.2, 0) is 14.3 Å². The number of hydrogen-bond donors (Lipinski definition) is 6. The Balaban J connectivity index is 2.05. The van der Waals surface area contributed by atoms with E-state index in [1.54, 1.807) is 0 Å². The van der Waals surface area contributed by atoms with Gasteiger partial charge in [-0.15, -0.1) is 0 Å². The van der Waals surface area contributed by atoms with Gasteiger partial charge in [-0.3, -0.25) is 4.79 Å². The summed E-state index contributed by atoms with van der Waals surface area (Å²) in [6, 6.07) is -0.718. The molecule has 0 aromatic carbocycles. The molecule has 352 valence electrons. The highest BCUT2D eigenvalue weighted by Crippen LogP contribution is 2.23. The van der Waals surface area contributed by atoms with Gasteiger partial charge in [0.15, 0.2) is 6.29 Å². The third-order valence-corrected chi connectivity index (χ3v) is 11.3. The molecule has 1 saturated heterocycles. The van der Waals surface area contributed by atoms with Crippen molar-refractivity contribution in [1.82, 2.24) is 5.32 Å². The largest absolute Gasteiger partial charge is 0.394 e. The zero-order chi connectivity index (χ0) is 44.4. The summed E-state index contributed by atoms with van der Waals surface area (Å²) in [5.41, 5.74) is 0. The van der Waals surface area contributed by atoms with Crippen LogP contribution < -0.4 is 5.32 Å². The summed E-state index contributed by atoms with van der Waals surface area (Å²) in [4.78, 5) is 12.9. The molecule has 1 amide bonds. The third kappa shape index (κ3) is 32.0. The molecule has 1 heterocycles. The maximum absolute atomic E-state index is 12.9. The summed E-state index contributed by atoms with van der Waals surface area (Å²) in [6.07, 6.45) is 49.8. The number of aliphatic hydroxyl groups excluding tert-OH is 5. The average Bonchev–Trinajstić information content (AvgIpc) is 3.26. The Morgan fingerprint density at radius 1 is 0.574 bits per heavy atom. The molecule has 7 atom stereocenters. The van der Waals surface area contributed by atoms with Crippen LogP contribution in [0.15, 0.2) is 72.9 Å². The number of carbonyl (C=O) groups is 1. The molecule has 0 aromatic rings. The highest BCUT2D eigenvalue weighted by molar-refractivity contribution is 5.76. The van der Waals surface area contributed by atoms with Gasteiger partial charge in [-0.25, -0.2) is 0 Å². The van der Waals surface area contributed by atoms with Gasteiger partial charge in [-0.05, 0) is 64.2 Å². The number of rotatable bonds is 40. The van der Waals surface area contributed by atoms with E-state index in [0.717, 1.165) is 89.9 Å². The van der Waals surface area contributed by atoms with Gasteiger partial charge < -0.3 is 40.3 Å². The van der Waals surface area contributed by atoms with E-state index in [1.165, 1.54) is 77.0 Å². The molecule has 0 aliphatic carbocycles. The molecule has 0 bridgehead atoms. The highest BCUT2D eigenvalue weighted by Gasteiger charge is 2.44. The predicted molar refractivity (Wildman–Crippen MR) is 253 cm³/mol. The van der Waals surface area contributed by atoms with Crippen LogP contribution in [0.1, 0.15) is 194 Å². The molecule has 1 aliphatic rings. The molecule has 61 heavy (non-hydrogen) atoms. The molecular formula is C52H91NO8. The number of ether oxygens (including phenoxy) is 2. The van der Waals surface area contributed by atoms with E-state index in [2.05, 4.69) is 92.1 Å².